The predicted octanol–water partition coefficient (Wildman–Crippen LogP) is 4.03. The van der Waals surface area contributed by atoms with Gasteiger partial charge in [-0.1, -0.05) is 30.7 Å². The first-order valence-electron chi connectivity index (χ1n) is 7.01. The molecule has 0 saturated carbocycles. The normalized spacial score (nSPS) is 25.1. The van der Waals surface area contributed by atoms with Crippen LogP contribution < -0.4 is 0 Å². The number of carbonyl (C=O) groups is 1. The number of alkyl halides is 3. The van der Waals surface area contributed by atoms with E-state index in [4.69, 9.17) is 11.6 Å². The summed E-state index contributed by atoms with van der Waals surface area (Å²) < 4.78 is 39.2. The molecule has 2 N–H and O–H groups in total. The van der Waals surface area contributed by atoms with E-state index in [0.29, 0.717) is 6.42 Å². The smallest absolute Gasteiger partial charge is 0.417 e. The molecule has 126 valence electrons. The second-order valence-electron chi connectivity index (χ2n) is 5.94. The summed E-state index contributed by atoms with van der Waals surface area (Å²) in [4.78, 5) is 11.5. The van der Waals surface area contributed by atoms with Crippen molar-refractivity contribution in [3.63, 3.8) is 0 Å². The van der Waals surface area contributed by atoms with Gasteiger partial charge in [-0.05, 0) is 36.5 Å². The van der Waals surface area contributed by atoms with Gasteiger partial charge in [-0.2, -0.15) is 13.2 Å². The van der Waals surface area contributed by atoms with E-state index in [2.05, 4.69) is 0 Å². The number of carboxylic acids is 1. The van der Waals surface area contributed by atoms with Crippen molar-refractivity contribution in [1.29, 1.82) is 0 Å². The summed E-state index contributed by atoms with van der Waals surface area (Å²) >= 11 is 5.63. The molecule has 0 aliphatic heterocycles. The summed E-state index contributed by atoms with van der Waals surface area (Å²) in [7, 11) is 0. The number of aliphatic hydroxyl groups is 1. The van der Waals surface area contributed by atoms with E-state index >= 15 is 0 Å². The zero-order chi connectivity index (χ0) is 17.4. The lowest BCUT2D eigenvalue weighted by Crippen LogP contribution is -2.36. The van der Waals surface area contributed by atoms with Crippen LogP contribution >= 0.6 is 11.6 Å². The molecular weight excluding hydrogens is 333 g/mol. The van der Waals surface area contributed by atoms with Gasteiger partial charge in [0.05, 0.1) is 10.6 Å². The maximum absolute atomic E-state index is 13.1. The molecule has 1 aromatic rings. The Balaban J connectivity index is 2.59. The van der Waals surface area contributed by atoms with E-state index in [1.54, 1.807) is 6.92 Å². The van der Waals surface area contributed by atoms with Crippen molar-refractivity contribution in [2.45, 2.75) is 31.4 Å². The van der Waals surface area contributed by atoms with E-state index in [1.807, 2.05) is 0 Å². The first kappa shape index (κ1) is 17.8. The van der Waals surface area contributed by atoms with Crippen LogP contribution in [0.5, 0.6) is 0 Å². The lowest BCUT2D eigenvalue weighted by Gasteiger charge is -2.38. The van der Waals surface area contributed by atoms with E-state index in [9.17, 15) is 28.2 Å². The molecule has 1 aliphatic rings. The minimum absolute atomic E-state index is 0.0395. The number of benzene rings is 1. The summed E-state index contributed by atoms with van der Waals surface area (Å²) in [5.74, 6) is -1.37. The van der Waals surface area contributed by atoms with E-state index in [0.717, 1.165) is 12.1 Å². The number of hydrogen-bond acceptors (Lipinski definition) is 2. The second-order valence-corrected chi connectivity index (χ2v) is 6.34. The maximum Gasteiger partial charge on any atom is 0.417 e. The van der Waals surface area contributed by atoms with Crippen molar-refractivity contribution in [2.24, 2.45) is 5.92 Å². The third-order valence-electron chi connectivity index (χ3n) is 4.34. The van der Waals surface area contributed by atoms with Crippen LogP contribution in [0.3, 0.4) is 0 Å². The second kappa shape index (κ2) is 6.17. The van der Waals surface area contributed by atoms with Crippen molar-refractivity contribution in [1.82, 2.24) is 0 Å². The molecule has 0 heterocycles. The summed E-state index contributed by atoms with van der Waals surface area (Å²) in [5, 5.41) is 18.3. The van der Waals surface area contributed by atoms with Crippen molar-refractivity contribution >= 4 is 17.6 Å². The number of hydrogen-bond donors (Lipinski definition) is 2. The SMILES string of the molecule is C[C@@]1(c2ccc(Cl)c(C(F)(F)F)c2)C[C@@H](CO)CC=C1C(=O)O. The monoisotopic (exact) mass is 348 g/mol. The van der Waals surface area contributed by atoms with Crippen molar-refractivity contribution < 1.29 is 28.2 Å². The average molecular weight is 349 g/mol. The highest BCUT2D eigenvalue weighted by Crippen LogP contribution is 2.45. The number of rotatable bonds is 3. The first-order chi connectivity index (χ1) is 10.6. The summed E-state index contributed by atoms with van der Waals surface area (Å²) in [6.07, 6.45) is -2.51. The largest absolute Gasteiger partial charge is 0.478 e. The molecule has 0 radical (unpaired) electrons. The molecule has 1 aromatic carbocycles. The fraction of sp³-hybridized carbons (Fsp3) is 0.438. The zero-order valence-electron chi connectivity index (χ0n) is 12.3. The fourth-order valence-electron chi connectivity index (χ4n) is 3.10. The van der Waals surface area contributed by atoms with Gasteiger partial charge < -0.3 is 10.2 Å². The lowest BCUT2D eigenvalue weighted by molar-refractivity contribution is -0.137. The Morgan fingerprint density at radius 1 is 1.43 bits per heavy atom. The minimum Gasteiger partial charge on any atom is -0.478 e. The quantitative estimate of drug-likeness (QED) is 0.867. The molecule has 0 fully saturated rings. The molecule has 7 heteroatoms. The first-order valence-corrected chi connectivity index (χ1v) is 7.39. The topological polar surface area (TPSA) is 57.5 Å². The van der Waals surface area contributed by atoms with Gasteiger partial charge in [0.25, 0.3) is 0 Å². The van der Waals surface area contributed by atoms with Crippen LogP contribution in [0.1, 0.15) is 30.9 Å². The van der Waals surface area contributed by atoms with E-state index < -0.39 is 28.1 Å². The molecule has 3 nitrogen and oxygen atoms in total. The van der Waals surface area contributed by atoms with Crippen LogP contribution in [0, 0.1) is 5.92 Å². The van der Waals surface area contributed by atoms with Crippen molar-refractivity contribution in [3.05, 3.63) is 46.0 Å². The van der Waals surface area contributed by atoms with Crippen LogP contribution in [0.2, 0.25) is 5.02 Å². The molecule has 0 bridgehead atoms. The molecule has 2 rings (SSSR count). The number of aliphatic carboxylic acids is 1. The standard InChI is InChI=1S/C16H16ClF3O3/c1-15(7-9(8-21)2-4-11(15)14(22)23)10-3-5-13(17)12(6-10)16(18,19)20/h3-6,9,21H,2,7-8H2,1H3,(H,22,23)/t9-,15-/m0/s1. The molecule has 23 heavy (non-hydrogen) atoms. The maximum atomic E-state index is 13.1. The van der Waals surface area contributed by atoms with Gasteiger partial charge in [0, 0.05) is 17.6 Å². The molecular formula is C16H16ClF3O3. The van der Waals surface area contributed by atoms with Crippen LogP contribution in [-0.2, 0) is 16.4 Å². The number of carboxylic acid groups (broad SMARTS) is 1. The summed E-state index contributed by atoms with van der Waals surface area (Å²) in [5.41, 5.74) is -1.85. The van der Waals surface area contributed by atoms with Gasteiger partial charge in [0.15, 0.2) is 0 Å². The third-order valence-corrected chi connectivity index (χ3v) is 4.67. The Kier molecular flexibility index (Phi) is 4.78. The van der Waals surface area contributed by atoms with Gasteiger partial charge in [-0.25, -0.2) is 4.79 Å². The molecule has 0 amide bonds. The van der Waals surface area contributed by atoms with E-state index in [1.165, 1.54) is 12.1 Å². The Bertz CT molecular complexity index is 654. The molecule has 0 unspecified atom stereocenters. The number of halogens is 4. The Labute approximate surface area is 136 Å². The van der Waals surface area contributed by atoms with Crippen LogP contribution in [0.25, 0.3) is 0 Å². The van der Waals surface area contributed by atoms with Gasteiger partial charge in [-0.15, -0.1) is 0 Å². The number of aliphatic hydroxyl groups excluding tert-OH is 1. The molecule has 0 saturated heterocycles. The van der Waals surface area contributed by atoms with E-state index in [-0.39, 0.29) is 30.1 Å². The van der Waals surface area contributed by atoms with Crippen LogP contribution in [-0.4, -0.2) is 22.8 Å². The predicted molar refractivity (Wildman–Crippen MR) is 79.3 cm³/mol. The number of allylic oxidation sites excluding steroid dienone is 1. The van der Waals surface area contributed by atoms with Crippen molar-refractivity contribution in [3.8, 4) is 0 Å². The highest BCUT2D eigenvalue weighted by atomic mass is 35.5. The third kappa shape index (κ3) is 3.38. The highest BCUT2D eigenvalue weighted by molar-refractivity contribution is 6.31. The van der Waals surface area contributed by atoms with Crippen LogP contribution in [0.15, 0.2) is 29.8 Å². The molecule has 0 spiro atoms. The zero-order valence-corrected chi connectivity index (χ0v) is 13.1. The highest BCUT2D eigenvalue weighted by Gasteiger charge is 2.42. The van der Waals surface area contributed by atoms with Gasteiger partial charge in [0.1, 0.15) is 0 Å². The molecule has 0 aromatic heterocycles. The van der Waals surface area contributed by atoms with Gasteiger partial charge in [0.2, 0.25) is 0 Å². The average Bonchev–Trinajstić information content (AvgIpc) is 2.45. The van der Waals surface area contributed by atoms with Gasteiger partial charge in [-0.3, -0.25) is 0 Å². The van der Waals surface area contributed by atoms with Crippen molar-refractivity contribution in [2.75, 3.05) is 6.61 Å². The summed E-state index contributed by atoms with van der Waals surface area (Å²) in [6, 6.07) is 3.44. The summed E-state index contributed by atoms with van der Waals surface area (Å²) in [6.45, 7) is 1.43. The van der Waals surface area contributed by atoms with Crippen LogP contribution in [0.4, 0.5) is 13.2 Å². The Morgan fingerprint density at radius 2 is 2.09 bits per heavy atom. The Hall–Kier alpha value is -1.53. The fourth-order valence-corrected chi connectivity index (χ4v) is 3.33. The lowest BCUT2D eigenvalue weighted by atomic mass is 9.66. The molecule has 1 aliphatic carbocycles. The van der Waals surface area contributed by atoms with Gasteiger partial charge >= 0.3 is 12.1 Å². The Morgan fingerprint density at radius 3 is 2.61 bits per heavy atom. The minimum atomic E-state index is -4.62. The molecule has 2 atom stereocenters.